The molecule has 0 bridgehead atoms. The number of aromatic amines is 1. The number of nitrogens with zero attached hydrogens (tertiary/aromatic N) is 3. The number of aromatic nitrogens is 4. The molecule has 0 radical (unpaired) electrons. The Morgan fingerprint density at radius 2 is 0.695 bits per heavy atom. The van der Waals surface area contributed by atoms with Gasteiger partial charge in [-0.1, -0.05) is 91.0 Å². The van der Waals surface area contributed by atoms with Crippen LogP contribution in [0.25, 0.3) is 126 Å². The Kier molecular flexibility index (Phi) is 5.96. The average molecular weight is 753 g/mol. The van der Waals surface area contributed by atoms with E-state index in [9.17, 15) is 0 Å². The molecular formula is C54H32N4O. The second-order valence-electron chi connectivity index (χ2n) is 15.8. The van der Waals surface area contributed by atoms with Gasteiger partial charge in [0.2, 0.25) is 0 Å². The molecule has 5 aromatic heterocycles. The van der Waals surface area contributed by atoms with Crippen LogP contribution in [0.5, 0.6) is 0 Å². The van der Waals surface area contributed by atoms with Crippen molar-refractivity contribution < 1.29 is 4.42 Å². The Morgan fingerprint density at radius 3 is 1.32 bits per heavy atom. The van der Waals surface area contributed by atoms with E-state index in [1.54, 1.807) is 0 Å². The fourth-order valence-corrected chi connectivity index (χ4v) is 10.2. The molecule has 0 unspecified atom stereocenters. The molecule has 0 atom stereocenters. The number of fused-ring (bicyclic) bond motifs is 15. The zero-order valence-electron chi connectivity index (χ0n) is 31.6. The number of rotatable bonds is 3. The predicted molar refractivity (Wildman–Crippen MR) is 246 cm³/mol. The topological polar surface area (TPSA) is 43.7 Å². The molecule has 0 spiro atoms. The third kappa shape index (κ3) is 4.18. The molecule has 59 heavy (non-hydrogen) atoms. The highest BCUT2D eigenvalue weighted by Gasteiger charge is 2.20. The molecule has 0 fully saturated rings. The van der Waals surface area contributed by atoms with Crippen LogP contribution in [0.3, 0.4) is 0 Å². The number of para-hydroxylation sites is 5. The summed E-state index contributed by atoms with van der Waals surface area (Å²) in [5.41, 5.74) is 14.5. The third-order valence-corrected chi connectivity index (χ3v) is 12.7. The van der Waals surface area contributed by atoms with Gasteiger partial charge in [0.05, 0.1) is 33.1 Å². The average Bonchev–Trinajstić information content (AvgIpc) is 4.09. The summed E-state index contributed by atoms with van der Waals surface area (Å²) in [5.74, 6) is 0. The van der Waals surface area contributed by atoms with Crippen molar-refractivity contribution in [2.75, 3.05) is 0 Å². The Bertz CT molecular complexity index is 3980. The monoisotopic (exact) mass is 752 g/mol. The molecule has 9 aromatic carbocycles. The first-order valence-corrected chi connectivity index (χ1v) is 20.2. The van der Waals surface area contributed by atoms with E-state index < -0.39 is 0 Å². The number of hydrogen-bond acceptors (Lipinski definition) is 1. The highest BCUT2D eigenvalue weighted by Crippen LogP contribution is 2.42. The van der Waals surface area contributed by atoms with Gasteiger partial charge < -0.3 is 23.1 Å². The third-order valence-electron chi connectivity index (χ3n) is 12.7. The van der Waals surface area contributed by atoms with Crippen LogP contribution in [0.2, 0.25) is 0 Å². The first-order chi connectivity index (χ1) is 29.2. The van der Waals surface area contributed by atoms with Crippen molar-refractivity contribution in [3.05, 3.63) is 188 Å². The summed E-state index contributed by atoms with van der Waals surface area (Å²) in [6.45, 7) is 0. The van der Waals surface area contributed by atoms with Crippen LogP contribution in [0.1, 0.15) is 0 Å². The van der Waals surface area contributed by atoms with Crippen molar-refractivity contribution in [3.63, 3.8) is 0 Å². The maximum absolute atomic E-state index is 6.30. The van der Waals surface area contributed by atoms with Crippen molar-refractivity contribution in [1.29, 1.82) is 0 Å². The van der Waals surface area contributed by atoms with Crippen molar-refractivity contribution in [2.24, 2.45) is 0 Å². The molecule has 14 rings (SSSR count). The largest absolute Gasteiger partial charge is 0.456 e. The molecule has 0 saturated carbocycles. The van der Waals surface area contributed by atoms with Gasteiger partial charge in [-0.25, -0.2) is 0 Å². The first kappa shape index (κ1) is 31.1. The van der Waals surface area contributed by atoms with E-state index in [4.69, 9.17) is 4.42 Å². The van der Waals surface area contributed by atoms with Crippen molar-refractivity contribution in [2.45, 2.75) is 0 Å². The number of furan rings is 1. The molecule has 1 N–H and O–H groups in total. The molecular weight excluding hydrogens is 721 g/mol. The van der Waals surface area contributed by atoms with E-state index in [0.29, 0.717) is 0 Å². The molecule has 5 heterocycles. The Morgan fingerprint density at radius 1 is 0.271 bits per heavy atom. The van der Waals surface area contributed by atoms with Gasteiger partial charge in [-0.05, 0) is 97.1 Å². The molecule has 0 amide bonds. The lowest BCUT2D eigenvalue weighted by Gasteiger charge is -2.10. The fraction of sp³-hybridized carbons (Fsp3) is 0. The number of hydrogen-bond donors (Lipinski definition) is 1. The Hall–Kier alpha value is -8.02. The van der Waals surface area contributed by atoms with Gasteiger partial charge in [-0.3, -0.25) is 0 Å². The first-order valence-electron chi connectivity index (χ1n) is 20.2. The summed E-state index contributed by atoms with van der Waals surface area (Å²) in [6, 6.07) is 68.4. The van der Waals surface area contributed by atoms with Crippen molar-refractivity contribution in [1.82, 2.24) is 18.7 Å². The quantitative estimate of drug-likeness (QED) is 0.192. The van der Waals surface area contributed by atoms with Gasteiger partial charge in [0, 0.05) is 82.0 Å². The summed E-state index contributed by atoms with van der Waals surface area (Å²) in [6.07, 6.45) is 0. The summed E-state index contributed by atoms with van der Waals surface area (Å²) in [5, 5.41) is 12.0. The van der Waals surface area contributed by atoms with Crippen LogP contribution in [-0.4, -0.2) is 18.7 Å². The summed E-state index contributed by atoms with van der Waals surface area (Å²) in [7, 11) is 0. The van der Waals surface area contributed by atoms with Crippen LogP contribution in [0.4, 0.5) is 0 Å². The minimum atomic E-state index is 0.890. The minimum Gasteiger partial charge on any atom is -0.456 e. The minimum absolute atomic E-state index is 0.890. The predicted octanol–water partition coefficient (Wildman–Crippen LogP) is 14.5. The van der Waals surface area contributed by atoms with Crippen LogP contribution in [-0.2, 0) is 0 Å². The van der Waals surface area contributed by atoms with Crippen LogP contribution < -0.4 is 0 Å². The van der Waals surface area contributed by atoms with Crippen LogP contribution >= 0.6 is 0 Å². The van der Waals surface area contributed by atoms with Crippen molar-refractivity contribution in [3.8, 4) is 17.1 Å². The molecule has 0 aliphatic carbocycles. The molecule has 0 aliphatic heterocycles. The Balaban J connectivity index is 1.06. The highest BCUT2D eigenvalue weighted by atomic mass is 16.3. The van der Waals surface area contributed by atoms with Gasteiger partial charge in [0.15, 0.2) is 0 Å². The molecule has 5 nitrogen and oxygen atoms in total. The van der Waals surface area contributed by atoms with Gasteiger partial charge in [0.25, 0.3) is 0 Å². The van der Waals surface area contributed by atoms with Crippen LogP contribution in [0, 0.1) is 0 Å². The smallest absolute Gasteiger partial charge is 0.135 e. The summed E-state index contributed by atoms with van der Waals surface area (Å²) >= 11 is 0. The van der Waals surface area contributed by atoms with E-state index in [1.807, 2.05) is 12.1 Å². The lowest BCUT2D eigenvalue weighted by molar-refractivity contribution is 0.669. The van der Waals surface area contributed by atoms with Gasteiger partial charge in [-0.2, -0.15) is 0 Å². The molecule has 0 aliphatic rings. The second-order valence-corrected chi connectivity index (χ2v) is 15.8. The van der Waals surface area contributed by atoms with E-state index in [1.165, 1.54) is 65.2 Å². The SMILES string of the molecule is c1ccc2c(c1)oc1ccc(-n3c4ccc(-n5c6ccccc6c6ccccc65)cc4c4cc5[nH]c6ccc(-n7c8ccccc8c8ccccc87)cc6c5cc43)cc12. The maximum atomic E-state index is 6.30. The fourth-order valence-electron chi connectivity index (χ4n) is 10.2. The van der Waals surface area contributed by atoms with Crippen molar-refractivity contribution >= 4 is 109 Å². The molecule has 5 heteroatoms. The second kappa shape index (κ2) is 11.3. The highest BCUT2D eigenvalue weighted by molar-refractivity contribution is 6.20. The summed E-state index contributed by atoms with van der Waals surface area (Å²) < 4.78 is 13.6. The number of H-pyrrole nitrogens is 1. The number of nitrogens with one attached hydrogen (secondary N) is 1. The lowest BCUT2D eigenvalue weighted by atomic mass is 10.1. The van der Waals surface area contributed by atoms with E-state index in [2.05, 4.69) is 195 Å². The lowest BCUT2D eigenvalue weighted by Crippen LogP contribution is -1.95. The number of benzene rings is 9. The standard InChI is InChI=1S/C54H32N4O/c1-6-16-47-35(11-1)36-12-2-7-17-48(36)56(47)32-21-24-45-40(27-32)41-31-52-43(30-46(41)55-45)42-28-33(57-49-18-8-3-13-37(49)38-14-4-9-19-50(38)57)22-25-51(42)58(52)34-23-26-54-44(29-34)39-15-5-10-20-53(39)59-54/h1-31,55H. The zero-order valence-corrected chi connectivity index (χ0v) is 31.6. The molecule has 0 saturated heterocycles. The zero-order chi connectivity index (χ0) is 38.3. The normalized spacial score (nSPS) is 12.4. The van der Waals surface area contributed by atoms with E-state index in [-0.39, 0.29) is 0 Å². The molecule has 274 valence electrons. The van der Waals surface area contributed by atoms with Gasteiger partial charge >= 0.3 is 0 Å². The molecule has 14 aromatic rings. The van der Waals surface area contributed by atoms with Crippen LogP contribution in [0.15, 0.2) is 192 Å². The van der Waals surface area contributed by atoms with Gasteiger partial charge in [-0.15, -0.1) is 0 Å². The Labute approximate surface area is 336 Å². The van der Waals surface area contributed by atoms with E-state index >= 15 is 0 Å². The van der Waals surface area contributed by atoms with Gasteiger partial charge in [0.1, 0.15) is 11.2 Å². The van der Waals surface area contributed by atoms with E-state index in [0.717, 1.165) is 61.1 Å². The maximum Gasteiger partial charge on any atom is 0.135 e. The summed E-state index contributed by atoms with van der Waals surface area (Å²) in [4.78, 5) is 3.83.